The normalized spacial score (nSPS) is 21.6. The fourth-order valence-corrected chi connectivity index (χ4v) is 2.29. The van der Waals surface area contributed by atoms with Crippen LogP contribution in [0.25, 0.3) is 0 Å². The summed E-state index contributed by atoms with van der Waals surface area (Å²) in [6.45, 7) is 4.30. The van der Waals surface area contributed by atoms with E-state index in [1.54, 1.807) is 0 Å². The lowest BCUT2D eigenvalue weighted by molar-refractivity contribution is 0.185. The third kappa shape index (κ3) is 6.19. The first-order chi connectivity index (χ1) is 6.93. The van der Waals surface area contributed by atoms with Gasteiger partial charge in [-0.15, -0.1) is 0 Å². The van der Waals surface area contributed by atoms with Gasteiger partial charge in [0.25, 0.3) is 0 Å². The Labute approximate surface area is 101 Å². The van der Waals surface area contributed by atoms with E-state index in [0.29, 0.717) is 0 Å². The number of nitrogens with one attached hydrogen (secondary N) is 1. The van der Waals surface area contributed by atoms with Crippen molar-refractivity contribution in [1.29, 1.82) is 0 Å². The van der Waals surface area contributed by atoms with Crippen molar-refractivity contribution in [3.05, 3.63) is 0 Å². The van der Waals surface area contributed by atoms with E-state index in [1.807, 2.05) is 0 Å². The zero-order valence-corrected chi connectivity index (χ0v) is 11.1. The van der Waals surface area contributed by atoms with Gasteiger partial charge in [-0.1, -0.05) is 35.4 Å². The van der Waals surface area contributed by atoms with Crippen molar-refractivity contribution in [1.82, 2.24) is 5.32 Å². The fraction of sp³-hybridized carbons (Fsp3) is 1.00. The maximum atomic E-state index is 5.33. The van der Waals surface area contributed by atoms with E-state index >= 15 is 0 Å². The molecule has 0 aromatic carbocycles. The molecule has 0 saturated carbocycles. The highest BCUT2D eigenvalue weighted by atomic mass is 127. The molecule has 0 bridgehead atoms. The lowest BCUT2D eigenvalue weighted by Gasteiger charge is -2.08. The minimum atomic E-state index is 0.782. The van der Waals surface area contributed by atoms with Crippen LogP contribution in [0.5, 0.6) is 0 Å². The van der Waals surface area contributed by atoms with Gasteiger partial charge in [-0.2, -0.15) is 0 Å². The monoisotopic (exact) mass is 311 g/mol. The standard InChI is InChI=1S/C11H22INO/c12-6-3-1-2-4-7-13-9-11-5-8-14-10-11/h11,13H,1-10H2. The van der Waals surface area contributed by atoms with E-state index in [9.17, 15) is 0 Å². The maximum absolute atomic E-state index is 5.33. The Hall–Kier alpha value is 0.650. The van der Waals surface area contributed by atoms with Gasteiger partial charge in [-0.3, -0.25) is 0 Å². The van der Waals surface area contributed by atoms with Crippen LogP contribution in [0.3, 0.4) is 0 Å². The van der Waals surface area contributed by atoms with Crippen molar-refractivity contribution in [3.63, 3.8) is 0 Å². The smallest absolute Gasteiger partial charge is 0.0507 e. The van der Waals surface area contributed by atoms with Crippen LogP contribution in [0.4, 0.5) is 0 Å². The van der Waals surface area contributed by atoms with Crippen molar-refractivity contribution in [2.24, 2.45) is 5.92 Å². The van der Waals surface area contributed by atoms with Crippen molar-refractivity contribution in [2.45, 2.75) is 32.1 Å². The number of halogens is 1. The van der Waals surface area contributed by atoms with Crippen LogP contribution >= 0.6 is 22.6 Å². The van der Waals surface area contributed by atoms with Gasteiger partial charge in [0.1, 0.15) is 0 Å². The van der Waals surface area contributed by atoms with Crippen LogP contribution in [-0.4, -0.2) is 30.7 Å². The van der Waals surface area contributed by atoms with Gasteiger partial charge in [-0.05, 0) is 36.2 Å². The molecule has 1 aliphatic heterocycles. The molecule has 1 fully saturated rings. The minimum Gasteiger partial charge on any atom is -0.381 e. The van der Waals surface area contributed by atoms with Gasteiger partial charge in [0.15, 0.2) is 0 Å². The first-order valence-electron chi connectivity index (χ1n) is 5.78. The average molecular weight is 311 g/mol. The number of alkyl halides is 1. The molecule has 1 N–H and O–H groups in total. The van der Waals surface area contributed by atoms with Crippen molar-refractivity contribution >= 4 is 22.6 Å². The quantitative estimate of drug-likeness (QED) is 0.423. The summed E-state index contributed by atoms with van der Waals surface area (Å²) in [5.74, 6) is 0.782. The van der Waals surface area contributed by atoms with Crippen molar-refractivity contribution < 1.29 is 4.74 Å². The molecule has 14 heavy (non-hydrogen) atoms. The van der Waals surface area contributed by atoms with Crippen LogP contribution < -0.4 is 5.32 Å². The first-order valence-corrected chi connectivity index (χ1v) is 7.30. The Morgan fingerprint density at radius 2 is 2.07 bits per heavy atom. The number of ether oxygens (including phenoxy) is 1. The molecule has 1 rings (SSSR count). The highest BCUT2D eigenvalue weighted by molar-refractivity contribution is 14.1. The zero-order chi connectivity index (χ0) is 10.1. The van der Waals surface area contributed by atoms with Gasteiger partial charge >= 0.3 is 0 Å². The predicted molar refractivity (Wildman–Crippen MR) is 69.2 cm³/mol. The molecule has 2 nitrogen and oxygen atoms in total. The predicted octanol–water partition coefficient (Wildman–Crippen LogP) is 2.61. The SMILES string of the molecule is ICCCCCCNCC1CCOC1. The Bertz CT molecular complexity index is 126. The van der Waals surface area contributed by atoms with E-state index in [-0.39, 0.29) is 0 Å². The van der Waals surface area contributed by atoms with Crippen molar-refractivity contribution in [3.8, 4) is 0 Å². The topological polar surface area (TPSA) is 21.3 Å². The summed E-state index contributed by atoms with van der Waals surface area (Å²) in [5.41, 5.74) is 0. The Balaban J connectivity index is 1.75. The molecule has 0 aromatic heterocycles. The van der Waals surface area contributed by atoms with Crippen LogP contribution in [-0.2, 0) is 4.74 Å². The molecule has 0 aromatic rings. The maximum Gasteiger partial charge on any atom is 0.0507 e. The lowest BCUT2D eigenvalue weighted by atomic mass is 10.1. The summed E-state index contributed by atoms with van der Waals surface area (Å²) in [4.78, 5) is 0. The number of hydrogen-bond donors (Lipinski definition) is 1. The molecule has 1 saturated heterocycles. The van der Waals surface area contributed by atoms with Crippen molar-refractivity contribution in [2.75, 3.05) is 30.7 Å². The summed E-state index contributed by atoms with van der Waals surface area (Å²) < 4.78 is 6.64. The van der Waals surface area contributed by atoms with Gasteiger partial charge in [0, 0.05) is 13.2 Å². The Morgan fingerprint density at radius 3 is 2.79 bits per heavy atom. The summed E-state index contributed by atoms with van der Waals surface area (Å²) in [6, 6.07) is 0. The Kier molecular flexibility index (Phi) is 8.10. The molecule has 0 amide bonds. The molecular formula is C11H22INO. The number of rotatable bonds is 8. The third-order valence-electron chi connectivity index (χ3n) is 2.69. The van der Waals surface area contributed by atoms with Gasteiger partial charge in [-0.25, -0.2) is 0 Å². The zero-order valence-electron chi connectivity index (χ0n) is 8.93. The molecule has 1 heterocycles. The van der Waals surface area contributed by atoms with Crippen LogP contribution in [0, 0.1) is 5.92 Å². The minimum absolute atomic E-state index is 0.782. The van der Waals surface area contributed by atoms with Gasteiger partial charge < -0.3 is 10.1 Å². The van der Waals surface area contributed by atoms with E-state index in [4.69, 9.17) is 4.74 Å². The second-order valence-corrected chi connectivity index (χ2v) is 5.12. The fourth-order valence-electron chi connectivity index (χ4n) is 1.75. The summed E-state index contributed by atoms with van der Waals surface area (Å²) >= 11 is 2.45. The van der Waals surface area contributed by atoms with E-state index < -0.39 is 0 Å². The van der Waals surface area contributed by atoms with Crippen LogP contribution in [0.15, 0.2) is 0 Å². The lowest BCUT2D eigenvalue weighted by Crippen LogP contribution is -2.23. The Morgan fingerprint density at radius 1 is 1.21 bits per heavy atom. The number of hydrogen-bond acceptors (Lipinski definition) is 2. The summed E-state index contributed by atoms with van der Waals surface area (Å²) in [7, 11) is 0. The van der Waals surface area contributed by atoms with E-state index in [1.165, 1.54) is 43.1 Å². The molecule has 1 aliphatic rings. The summed E-state index contributed by atoms with van der Waals surface area (Å²) in [6.07, 6.45) is 6.76. The molecule has 84 valence electrons. The average Bonchev–Trinajstić information content (AvgIpc) is 2.69. The van der Waals surface area contributed by atoms with Crippen LogP contribution in [0.2, 0.25) is 0 Å². The van der Waals surface area contributed by atoms with E-state index in [2.05, 4.69) is 27.9 Å². The number of unbranched alkanes of at least 4 members (excludes halogenated alkanes) is 3. The molecular weight excluding hydrogens is 289 g/mol. The molecule has 1 atom stereocenters. The van der Waals surface area contributed by atoms with E-state index in [0.717, 1.165) is 25.7 Å². The van der Waals surface area contributed by atoms with Gasteiger partial charge in [0.05, 0.1) is 6.61 Å². The molecule has 3 heteroatoms. The molecule has 1 unspecified atom stereocenters. The highest BCUT2D eigenvalue weighted by Crippen LogP contribution is 2.10. The molecule has 0 aliphatic carbocycles. The second-order valence-electron chi connectivity index (χ2n) is 4.04. The molecule has 0 spiro atoms. The summed E-state index contributed by atoms with van der Waals surface area (Å²) in [5, 5.41) is 3.52. The molecule has 0 radical (unpaired) electrons. The van der Waals surface area contributed by atoms with Crippen LogP contribution in [0.1, 0.15) is 32.1 Å². The second kappa shape index (κ2) is 8.92. The van der Waals surface area contributed by atoms with Gasteiger partial charge in [0.2, 0.25) is 0 Å². The highest BCUT2D eigenvalue weighted by Gasteiger charge is 2.14. The third-order valence-corrected chi connectivity index (χ3v) is 3.46. The largest absolute Gasteiger partial charge is 0.381 e. The first kappa shape index (κ1) is 12.7.